The number of halogens is 3. The van der Waals surface area contributed by atoms with Gasteiger partial charge in [0.1, 0.15) is 6.54 Å². The molecule has 0 spiro atoms. The summed E-state index contributed by atoms with van der Waals surface area (Å²) in [6, 6.07) is 0. The first-order valence-corrected chi connectivity index (χ1v) is 5.45. The quantitative estimate of drug-likeness (QED) is 0.725. The van der Waals surface area contributed by atoms with E-state index in [-0.39, 0.29) is 11.1 Å². The maximum atomic E-state index is 11.9. The summed E-state index contributed by atoms with van der Waals surface area (Å²) in [5.74, 6) is -3.02. The molecule has 0 fully saturated rings. The van der Waals surface area contributed by atoms with Crippen molar-refractivity contribution in [3.63, 3.8) is 0 Å². The molecule has 0 aromatic carbocycles. The number of nitrogens with one attached hydrogen (secondary N) is 1. The summed E-state index contributed by atoms with van der Waals surface area (Å²) in [4.78, 5) is 34.4. The van der Waals surface area contributed by atoms with Gasteiger partial charge in [0.2, 0.25) is 11.8 Å². The molecule has 0 aliphatic heterocycles. The fourth-order valence-electron chi connectivity index (χ4n) is 1.15. The Labute approximate surface area is 113 Å². The number of hydrogen-bond donors (Lipinski definition) is 2. The van der Waals surface area contributed by atoms with E-state index in [1.807, 2.05) is 0 Å². The maximum absolute atomic E-state index is 11.9. The molecule has 20 heavy (non-hydrogen) atoms. The highest BCUT2D eigenvalue weighted by Crippen LogP contribution is 2.12. The number of likely N-dealkylation sites (N-methyl/N-ethyl adjacent to an activating group) is 1. The molecule has 0 atom stereocenters. The molecule has 6 nitrogen and oxygen atoms in total. The Balaban J connectivity index is 4.59. The van der Waals surface area contributed by atoms with E-state index in [0.717, 1.165) is 4.90 Å². The predicted molar refractivity (Wildman–Crippen MR) is 62.7 cm³/mol. The first kappa shape index (κ1) is 17.9. The number of carboxylic acid groups (broad SMARTS) is 1. The van der Waals surface area contributed by atoms with Crippen molar-refractivity contribution in [3.8, 4) is 0 Å². The van der Waals surface area contributed by atoms with E-state index in [4.69, 9.17) is 5.11 Å². The van der Waals surface area contributed by atoms with Gasteiger partial charge in [-0.25, -0.2) is 4.79 Å². The van der Waals surface area contributed by atoms with Crippen LogP contribution in [0.25, 0.3) is 0 Å². The molecule has 0 rings (SSSR count). The molecule has 114 valence electrons. The van der Waals surface area contributed by atoms with Crippen molar-refractivity contribution in [2.45, 2.75) is 20.0 Å². The van der Waals surface area contributed by atoms with Gasteiger partial charge in [0, 0.05) is 18.2 Å². The van der Waals surface area contributed by atoms with E-state index in [1.165, 1.54) is 20.9 Å². The van der Waals surface area contributed by atoms with Gasteiger partial charge in [-0.2, -0.15) is 13.2 Å². The zero-order valence-corrected chi connectivity index (χ0v) is 11.2. The zero-order chi connectivity index (χ0) is 16.1. The summed E-state index contributed by atoms with van der Waals surface area (Å²) in [5.41, 5.74) is -0.291. The largest absolute Gasteiger partial charge is 0.478 e. The Hall–Kier alpha value is -2.06. The topological polar surface area (TPSA) is 86.7 Å². The number of rotatable bonds is 5. The first-order chi connectivity index (χ1) is 8.95. The first-order valence-electron chi connectivity index (χ1n) is 5.45. The molecule has 0 aliphatic rings. The third-order valence-corrected chi connectivity index (χ3v) is 2.42. The van der Waals surface area contributed by atoms with Gasteiger partial charge in [-0.3, -0.25) is 9.59 Å². The summed E-state index contributed by atoms with van der Waals surface area (Å²) < 4.78 is 35.6. The van der Waals surface area contributed by atoms with Gasteiger partial charge in [-0.15, -0.1) is 0 Å². The fraction of sp³-hybridized carbons (Fsp3) is 0.545. The molecular weight excluding hydrogens is 281 g/mol. The van der Waals surface area contributed by atoms with E-state index in [1.54, 1.807) is 5.32 Å². The van der Waals surface area contributed by atoms with Crippen molar-refractivity contribution >= 4 is 17.8 Å². The lowest BCUT2D eigenvalue weighted by atomic mass is 10.1. The SMILES string of the molecule is CC(C(=O)O)=C(C)C(=O)N(C)CC(=O)NCC(F)(F)F. The number of aliphatic carboxylic acids is 1. The molecule has 2 amide bonds. The van der Waals surface area contributed by atoms with Crippen molar-refractivity contribution in [1.82, 2.24) is 10.2 Å². The van der Waals surface area contributed by atoms with Crippen molar-refractivity contribution in [2.24, 2.45) is 0 Å². The second kappa shape index (κ2) is 6.92. The second-order valence-corrected chi connectivity index (χ2v) is 4.11. The van der Waals surface area contributed by atoms with Crippen molar-refractivity contribution in [2.75, 3.05) is 20.1 Å². The molecule has 0 saturated heterocycles. The summed E-state index contributed by atoms with van der Waals surface area (Å²) in [6.45, 7) is 0.388. The predicted octanol–water partition coefficient (Wildman–Crippen LogP) is 0.544. The van der Waals surface area contributed by atoms with Gasteiger partial charge in [0.25, 0.3) is 0 Å². The number of alkyl halides is 3. The second-order valence-electron chi connectivity index (χ2n) is 4.11. The van der Waals surface area contributed by atoms with Gasteiger partial charge in [0.05, 0.1) is 6.54 Å². The average molecular weight is 296 g/mol. The van der Waals surface area contributed by atoms with Crippen molar-refractivity contribution in [1.29, 1.82) is 0 Å². The third kappa shape index (κ3) is 6.21. The summed E-state index contributed by atoms with van der Waals surface area (Å²) in [5, 5.41) is 10.3. The zero-order valence-electron chi connectivity index (χ0n) is 11.2. The van der Waals surface area contributed by atoms with Gasteiger partial charge < -0.3 is 15.3 Å². The molecule has 0 saturated carbocycles. The minimum Gasteiger partial charge on any atom is -0.478 e. The molecule has 0 aliphatic carbocycles. The van der Waals surface area contributed by atoms with Gasteiger partial charge >= 0.3 is 12.1 Å². The number of carbonyl (C=O) groups is 3. The van der Waals surface area contributed by atoms with Crippen LogP contribution >= 0.6 is 0 Å². The highest BCUT2D eigenvalue weighted by Gasteiger charge is 2.28. The summed E-state index contributed by atoms with van der Waals surface area (Å²) in [7, 11) is 1.19. The smallest absolute Gasteiger partial charge is 0.405 e. The van der Waals surface area contributed by atoms with Crippen LogP contribution in [-0.4, -0.2) is 54.1 Å². The van der Waals surface area contributed by atoms with E-state index in [2.05, 4.69) is 0 Å². The highest BCUT2D eigenvalue weighted by molar-refractivity contribution is 6.02. The maximum Gasteiger partial charge on any atom is 0.405 e. The van der Waals surface area contributed by atoms with Crippen molar-refractivity contribution < 1.29 is 32.7 Å². The van der Waals surface area contributed by atoms with E-state index in [9.17, 15) is 27.6 Å². The van der Waals surface area contributed by atoms with Crippen LogP contribution in [0.1, 0.15) is 13.8 Å². The lowest BCUT2D eigenvalue weighted by molar-refractivity contribution is -0.141. The number of carbonyl (C=O) groups excluding carboxylic acids is 2. The minimum absolute atomic E-state index is 0.0939. The fourth-order valence-corrected chi connectivity index (χ4v) is 1.15. The Morgan fingerprint density at radius 3 is 2.05 bits per heavy atom. The van der Waals surface area contributed by atoms with Crippen molar-refractivity contribution in [3.05, 3.63) is 11.1 Å². The number of nitrogens with zero attached hydrogens (tertiary/aromatic N) is 1. The van der Waals surface area contributed by atoms with E-state index < -0.39 is 37.0 Å². The average Bonchev–Trinajstić information content (AvgIpc) is 2.32. The van der Waals surface area contributed by atoms with Crippen LogP contribution in [0.2, 0.25) is 0 Å². The molecular formula is C11H15F3N2O4. The molecule has 0 bridgehead atoms. The molecule has 2 N–H and O–H groups in total. The van der Waals surface area contributed by atoms with Crippen LogP contribution in [0.15, 0.2) is 11.1 Å². The van der Waals surface area contributed by atoms with Crippen LogP contribution in [0.3, 0.4) is 0 Å². The lowest BCUT2D eigenvalue weighted by Gasteiger charge is -2.18. The molecule has 9 heteroatoms. The standard InChI is InChI=1S/C11H15F3N2O4/c1-6(7(2)10(19)20)9(18)16(3)4-8(17)15-5-11(12,13)14/h4-5H2,1-3H3,(H,15,17)(H,19,20). The highest BCUT2D eigenvalue weighted by atomic mass is 19.4. The molecule has 0 radical (unpaired) electrons. The Kier molecular flexibility index (Phi) is 6.21. The molecule has 0 aromatic rings. The molecule has 0 unspecified atom stereocenters. The van der Waals surface area contributed by atoms with Crippen LogP contribution < -0.4 is 5.32 Å². The number of hydrogen-bond acceptors (Lipinski definition) is 3. The van der Waals surface area contributed by atoms with Crippen LogP contribution in [0.5, 0.6) is 0 Å². The van der Waals surface area contributed by atoms with Crippen LogP contribution in [0.4, 0.5) is 13.2 Å². The number of amides is 2. The van der Waals surface area contributed by atoms with E-state index in [0.29, 0.717) is 0 Å². The van der Waals surface area contributed by atoms with Crippen LogP contribution in [0, 0.1) is 0 Å². The third-order valence-electron chi connectivity index (χ3n) is 2.42. The minimum atomic E-state index is -4.53. The Bertz CT molecular complexity index is 443. The Morgan fingerprint density at radius 2 is 1.65 bits per heavy atom. The Morgan fingerprint density at radius 1 is 1.15 bits per heavy atom. The summed E-state index contributed by atoms with van der Waals surface area (Å²) in [6.07, 6.45) is -4.53. The molecule has 0 heterocycles. The molecule has 0 aromatic heterocycles. The normalized spacial score (nSPS) is 12.5. The van der Waals surface area contributed by atoms with Gasteiger partial charge in [-0.1, -0.05) is 0 Å². The van der Waals surface area contributed by atoms with E-state index >= 15 is 0 Å². The van der Waals surface area contributed by atoms with Crippen LogP contribution in [-0.2, 0) is 14.4 Å². The monoisotopic (exact) mass is 296 g/mol. The van der Waals surface area contributed by atoms with Gasteiger partial charge in [0.15, 0.2) is 0 Å². The van der Waals surface area contributed by atoms with Gasteiger partial charge in [-0.05, 0) is 13.8 Å². The number of carboxylic acids is 1. The summed E-state index contributed by atoms with van der Waals surface area (Å²) >= 11 is 0. The lowest BCUT2D eigenvalue weighted by Crippen LogP contribution is -2.42.